The monoisotopic (exact) mass is 240 g/mol. The molecule has 4 nitrogen and oxygen atoms in total. The van der Waals surface area contributed by atoms with Crippen molar-refractivity contribution in [3.63, 3.8) is 0 Å². The van der Waals surface area contributed by atoms with Crippen molar-refractivity contribution in [2.45, 2.75) is 17.9 Å². The van der Waals surface area contributed by atoms with Gasteiger partial charge in [0.15, 0.2) is 0 Å². The van der Waals surface area contributed by atoms with E-state index in [-0.39, 0.29) is 5.56 Å². The van der Waals surface area contributed by atoms with Gasteiger partial charge in [-0.05, 0) is 24.6 Å². The molecule has 86 valence electrons. The Morgan fingerprint density at radius 1 is 1.25 bits per heavy atom. The Kier molecular flexibility index (Phi) is 4.37. The molecule has 1 rings (SSSR count). The fourth-order valence-electron chi connectivity index (χ4n) is 1.04. The van der Waals surface area contributed by atoms with Crippen molar-refractivity contribution in [1.29, 1.82) is 0 Å². The second-order valence-corrected chi connectivity index (χ2v) is 4.62. The first-order valence-electron chi connectivity index (χ1n) is 4.67. The predicted molar refractivity (Wildman–Crippen MR) is 61.8 cm³/mol. The molecule has 0 saturated carbocycles. The number of aliphatic carboxylic acids is 1. The van der Waals surface area contributed by atoms with Crippen molar-refractivity contribution in [3.8, 4) is 0 Å². The number of thioether (sulfide) groups is 1. The number of carboxylic acids is 2. The van der Waals surface area contributed by atoms with Gasteiger partial charge in [0, 0.05) is 5.75 Å². The maximum Gasteiger partial charge on any atom is 0.335 e. The first kappa shape index (κ1) is 12.6. The Hall–Kier alpha value is -1.49. The molecule has 0 heterocycles. The maximum absolute atomic E-state index is 10.6. The highest BCUT2D eigenvalue weighted by molar-refractivity contribution is 7.99. The number of hydrogen-bond acceptors (Lipinski definition) is 3. The number of carboxylic acid groups (broad SMARTS) is 2. The molecule has 1 aromatic rings. The zero-order chi connectivity index (χ0) is 12.1. The number of carbonyl (C=O) groups is 2. The van der Waals surface area contributed by atoms with E-state index < -0.39 is 17.2 Å². The largest absolute Gasteiger partial charge is 0.480 e. The van der Waals surface area contributed by atoms with Crippen LogP contribution in [0.4, 0.5) is 0 Å². The lowest BCUT2D eigenvalue weighted by molar-refractivity contribution is -0.136. The summed E-state index contributed by atoms with van der Waals surface area (Å²) >= 11 is 1.30. The molecular formula is C11H12O4S. The number of rotatable bonds is 5. The van der Waals surface area contributed by atoms with Gasteiger partial charge >= 0.3 is 11.9 Å². The summed E-state index contributed by atoms with van der Waals surface area (Å²) in [6.07, 6.45) is 0. The summed E-state index contributed by atoms with van der Waals surface area (Å²) in [6.45, 7) is 1.62. The lowest BCUT2D eigenvalue weighted by atomic mass is 10.1. The van der Waals surface area contributed by atoms with Gasteiger partial charge in [0.05, 0.1) is 10.8 Å². The summed E-state index contributed by atoms with van der Waals surface area (Å²) in [4.78, 5) is 21.2. The van der Waals surface area contributed by atoms with E-state index in [9.17, 15) is 9.59 Å². The highest BCUT2D eigenvalue weighted by atomic mass is 32.2. The highest BCUT2D eigenvalue weighted by Crippen LogP contribution is 2.18. The van der Waals surface area contributed by atoms with Crippen LogP contribution in [0.25, 0.3) is 0 Å². The molecule has 1 unspecified atom stereocenters. The summed E-state index contributed by atoms with van der Waals surface area (Å²) in [6, 6.07) is 6.43. The Morgan fingerprint density at radius 2 is 1.81 bits per heavy atom. The lowest BCUT2D eigenvalue weighted by Crippen LogP contribution is -2.11. The minimum atomic E-state index is -0.960. The molecule has 5 heteroatoms. The first-order chi connectivity index (χ1) is 7.50. The molecule has 0 aliphatic rings. The summed E-state index contributed by atoms with van der Waals surface area (Å²) in [5, 5.41) is 16.9. The van der Waals surface area contributed by atoms with E-state index in [4.69, 9.17) is 10.2 Å². The van der Waals surface area contributed by atoms with E-state index in [1.165, 1.54) is 23.9 Å². The van der Waals surface area contributed by atoms with Crippen molar-refractivity contribution in [3.05, 3.63) is 35.4 Å². The van der Waals surface area contributed by atoms with Gasteiger partial charge in [0.25, 0.3) is 0 Å². The molecule has 0 aromatic heterocycles. The van der Waals surface area contributed by atoms with Gasteiger partial charge in [0.2, 0.25) is 0 Å². The van der Waals surface area contributed by atoms with Gasteiger partial charge in [-0.15, -0.1) is 11.8 Å². The Labute approximate surface area is 97.3 Å². The standard InChI is InChI=1S/C11H12O4S/c1-7(10(12)13)16-6-8-2-4-9(5-3-8)11(14)15/h2-5,7H,6H2,1H3,(H,12,13)(H,14,15). The molecular weight excluding hydrogens is 228 g/mol. The van der Waals surface area contributed by atoms with Crippen LogP contribution in [0.15, 0.2) is 24.3 Å². The zero-order valence-corrected chi connectivity index (χ0v) is 9.53. The molecule has 0 saturated heterocycles. The fraction of sp³-hybridized carbons (Fsp3) is 0.273. The van der Waals surface area contributed by atoms with E-state index in [1.54, 1.807) is 19.1 Å². The number of aromatic carboxylic acids is 1. The van der Waals surface area contributed by atoms with Gasteiger partial charge < -0.3 is 10.2 Å². The Bertz CT molecular complexity index is 385. The number of benzene rings is 1. The van der Waals surface area contributed by atoms with Gasteiger partial charge in [-0.1, -0.05) is 12.1 Å². The Morgan fingerprint density at radius 3 is 2.25 bits per heavy atom. The van der Waals surface area contributed by atoms with Crippen LogP contribution in [0.3, 0.4) is 0 Å². The molecule has 2 N–H and O–H groups in total. The second kappa shape index (κ2) is 5.55. The molecule has 1 atom stereocenters. The van der Waals surface area contributed by atoms with Crippen LogP contribution in [0.1, 0.15) is 22.8 Å². The summed E-state index contributed by atoms with van der Waals surface area (Å²) < 4.78 is 0. The summed E-state index contributed by atoms with van der Waals surface area (Å²) in [5.74, 6) is -1.24. The molecule has 0 bridgehead atoms. The normalized spacial score (nSPS) is 12.1. The van der Waals surface area contributed by atoms with Crippen LogP contribution < -0.4 is 0 Å². The highest BCUT2D eigenvalue weighted by Gasteiger charge is 2.11. The van der Waals surface area contributed by atoms with E-state index >= 15 is 0 Å². The van der Waals surface area contributed by atoms with E-state index in [2.05, 4.69) is 0 Å². The third-order valence-corrected chi connectivity index (χ3v) is 3.25. The van der Waals surface area contributed by atoms with Crippen molar-refractivity contribution < 1.29 is 19.8 Å². The molecule has 0 aliphatic heterocycles. The van der Waals surface area contributed by atoms with Crippen molar-refractivity contribution in [1.82, 2.24) is 0 Å². The molecule has 0 amide bonds. The Balaban J connectivity index is 2.56. The van der Waals surface area contributed by atoms with E-state index in [0.717, 1.165) is 5.56 Å². The van der Waals surface area contributed by atoms with Gasteiger partial charge in [-0.25, -0.2) is 4.79 Å². The SMILES string of the molecule is CC(SCc1ccc(C(=O)O)cc1)C(=O)O. The van der Waals surface area contributed by atoms with Gasteiger partial charge in [-0.3, -0.25) is 4.79 Å². The van der Waals surface area contributed by atoms with Crippen LogP contribution in [0.2, 0.25) is 0 Å². The van der Waals surface area contributed by atoms with Crippen molar-refractivity contribution >= 4 is 23.7 Å². The van der Waals surface area contributed by atoms with Crippen LogP contribution in [-0.2, 0) is 10.5 Å². The minimum absolute atomic E-state index is 0.236. The van der Waals surface area contributed by atoms with Crippen LogP contribution in [0, 0.1) is 0 Å². The molecule has 1 aromatic carbocycles. The molecule has 0 aliphatic carbocycles. The molecule has 0 fully saturated rings. The summed E-state index contributed by atoms with van der Waals surface area (Å²) in [7, 11) is 0. The van der Waals surface area contributed by atoms with Crippen LogP contribution >= 0.6 is 11.8 Å². The average Bonchev–Trinajstić information content (AvgIpc) is 2.26. The number of hydrogen-bond donors (Lipinski definition) is 2. The average molecular weight is 240 g/mol. The topological polar surface area (TPSA) is 74.6 Å². The van der Waals surface area contributed by atoms with Gasteiger partial charge in [-0.2, -0.15) is 0 Å². The maximum atomic E-state index is 10.6. The first-order valence-corrected chi connectivity index (χ1v) is 5.72. The molecule has 0 spiro atoms. The molecule has 0 radical (unpaired) electrons. The smallest absolute Gasteiger partial charge is 0.335 e. The zero-order valence-electron chi connectivity index (χ0n) is 8.71. The minimum Gasteiger partial charge on any atom is -0.480 e. The van der Waals surface area contributed by atoms with E-state index in [1.807, 2.05) is 0 Å². The fourth-order valence-corrected chi connectivity index (χ4v) is 1.81. The van der Waals surface area contributed by atoms with Crippen LogP contribution in [0.5, 0.6) is 0 Å². The second-order valence-electron chi connectivity index (χ2n) is 3.29. The lowest BCUT2D eigenvalue weighted by Gasteiger charge is -2.05. The quantitative estimate of drug-likeness (QED) is 0.824. The van der Waals surface area contributed by atoms with Crippen molar-refractivity contribution in [2.24, 2.45) is 0 Å². The van der Waals surface area contributed by atoms with Crippen LogP contribution in [-0.4, -0.2) is 27.4 Å². The summed E-state index contributed by atoms with van der Waals surface area (Å²) in [5.41, 5.74) is 1.16. The van der Waals surface area contributed by atoms with E-state index in [0.29, 0.717) is 5.75 Å². The third kappa shape index (κ3) is 3.58. The molecule has 16 heavy (non-hydrogen) atoms. The third-order valence-electron chi connectivity index (χ3n) is 2.05. The van der Waals surface area contributed by atoms with Crippen molar-refractivity contribution in [2.75, 3.05) is 0 Å². The van der Waals surface area contributed by atoms with Gasteiger partial charge in [0.1, 0.15) is 0 Å². The predicted octanol–water partition coefficient (Wildman–Crippen LogP) is 2.09.